The highest BCUT2D eigenvalue weighted by Gasteiger charge is 2.14. The van der Waals surface area contributed by atoms with Crippen LogP contribution in [0.25, 0.3) is 0 Å². The molecule has 0 saturated carbocycles. The third-order valence-electron chi connectivity index (χ3n) is 2.57. The zero-order valence-corrected chi connectivity index (χ0v) is 9.69. The summed E-state index contributed by atoms with van der Waals surface area (Å²) in [4.78, 5) is 11.8. The van der Waals surface area contributed by atoms with Crippen LogP contribution in [0.15, 0.2) is 48.5 Å². The van der Waals surface area contributed by atoms with Crippen molar-refractivity contribution in [3.05, 3.63) is 65.5 Å². The van der Waals surface area contributed by atoms with Crippen molar-refractivity contribution < 1.29 is 9.18 Å². The molecule has 0 atom stereocenters. The van der Waals surface area contributed by atoms with Gasteiger partial charge < -0.3 is 11.1 Å². The molecule has 3 N–H and O–H groups in total. The lowest BCUT2D eigenvalue weighted by Gasteiger charge is -2.08. The molecular weight excluding hydrogens is 231 g/mol. The van der Waals surface area contributed by atoms with Crippen molar-refractivity contribution in [1.82, 2.24) is 5.32 Å². The third kappa shape index (κ3) is 2.66. The fourth-order valence-corrected chi connectivity index (χ4v) is 1.65. The zero-order chi connectivity index (χ0) is 13.0. The second-order valence-corrected chi connectivity index (χ2v) is 3.87. The molecule has 0 saturated heterocycles. The first-order valence-electron chi connectivity index (χ1n) is 5.54. The van der Waals surface area contributed by atoms with Gasteiger partial charge in [-0.1, -0.05) is 36.4 Å². The molecular formula is C14H13FN2O. The molecule has 2 aromatic rings. The van der Waals surface area contributed by atoms with Gasteiger partial charge in [-0.3, -0.25) is 4.79 Å². The molecule has 0 bridgehead atoms. The minimum absolute atomic E-state index is 0.103. The van der Waals surface area contributed by atoms with Gasteiger partial charge in [-0.15, -0.1) is 0 Å². The third-order valence-corrected chi connectivity index (χ3v) is 2.57. The number of anilines is 1. The maximum Gasteiger partial charge on any atom is 0.256 e. The maximum atomic E-state index is 13.5. The number of hydrogen-bond donors (Lipinski definition) is 2. The predicted molar refractivity (Wildman–Crippen MR) is 68.4 cm³/mol. The van der Waals surface area contributed by atoms with Gasteiger partial charge in [0.25, 0.3) is 5.91 Å². The highest BCUT2D eigenvalue weighted by molar-refractivity contribution is 5.99. The average molecular weight is 244 g/mol. The van der Waals surface area contributed by atoms with Crippen molar-refractivity contribution in [1.29, 1.82) is 0 Å². The number of carbonyl (C=O) groups excluding carboxylic acids is 1. The Kier molecular flexibility index (Phi) is 3.57. The first-order chi connectivity index (χ1) is 8.68. The lowest BCUT2D eigenvalue weighted by Crippen LogP contribution is -2.24. The normalized spacial score (nSPS) is 10.1. The molecule has 2 aromatic carbocycles. The molecule has 2 rings (SSSR count). The van der Waals surface area contributed by atoms with Crippen molar-refractivity contribution in [3.63, 3.8) is 0 Å². The number of benzene rings is 2. The summed E-state index contributed by atoms with van der Waals surface area (Å²) < 4.78 is 13.5. The summed E-state index contributed by atoms with van der Waals surface area (Å²) in [5.74, 6) is -1.12. The Morgan fingerprint density at radius 2 is 1.83 bits per heavy atom. The minimum Gasteiger partial charge on any atom is -0.398 e. The molecule has 18 heavy (non-hydrogen) atoms. The van der Waals surface area contributed by atoms with E-state index in [0.717, 1.165) is 5.56 Å². The number of halogens is 1. The molecule has 3 nitrogen and oxygen atoms in total. The highest BCUT2D eigenvalue weighted by atomic mass is 19.1. The Bertz CT molecular complexity index is 535. The van der Waals surface area contributed by atoms with Gasteiger partial charge in [-0.05, 0) is 17.7 Å². The van der Waals surface area contributed by atoms with Crippen LogP contribution in [0.3, 0.4) is 0 Å². The summed E-state index contributed by atoms with van der Waals surface area (Å²) in [6.07, 6.45) is 0. The number of carbonyl (C=O) groups is 1. The van der Waals surface area contributed by atoms with E-state index in [1.807, 2.05) is 30.3 Å². The van der Waals surface area contributed by atoms with Gasteiger partial charge in [0.1, 0.15) is 5.82 Å². The van der Waals surface area contributed by atoms with Crippen LogP contribution in [0.2, 0.25) is 0 Å². The summed E-state index contributed by atoms with van der Waals surface area (Å²) in [7, 11) is 0. The topological polar surface area (TPSA) is 55.1 Å². The lowest BCUT2D eigenvalue weighted by atomic mass is 10.1. The molecule has 0 heterocycles. The summed E-state index contributed by atoms with van der Waals surface area (Å²) >= 11 is 0. The van der Waals surface area contributed by atoms with E-state index in [1.54, 1.807) is 0 Å². The van der Waals surface area contributed by atoms with Gasteiger partial charge in [0.2, 0.25) is 0 Å². The van der Waals surface area contributed by atoms with Crippen molar-refractivity contribution >= 4 is 11.6 Å². The quantitative estimate of drug-likeness (QED) is 0.814. The standard InChI is InChI=1S/C14H13FN2O/c15-11-7-4-8-12(16)13(11)14(18)17-9-10-5-2-1-3-6-10/h1-8H,9,16H2,(H,17,18). The number of nitrogen functional groups attached to an aromatic ring is 1. The SMILES string of the molecule is Nc1cccc(F)c1C(=O)NCc1ccccc1. The number of nitrogens with two attached hydrogens (primary N) is 1. The molecule has 92 valence electrons. The first kappa shape index (κ1) is 12.1. The summed E-state index contributed by atoms with van der Waals surface area (Å²) in [5, 5.41) is 2.64. The van der Waals surface area contributed by atoms with Crippen LogP contribution >= 0.6 is 0 Å². The van der Waals surface area contributed by atoms with Crippen LogP contribution in [0, 0.1) is 5.82 Å². The number of amides is 1. The molecule has 0 aliphatic heterocycles. The molecule has 0 aliphatic carbocycles. The van der Waals surface area contributed by atoms with Gasteiger partial charge in [-0.2, -0.15) is 0 Å². The van der Waals surface area contributed by atoms with Crippen LogP contribution < -0.4 is 11.1 Å². The maximum absolute atomic E-state index is 13.5. The van der Waals surface area contributed by atoms with E-state index >= 15 is 0 Å². The molecule has 0 fully saturated rings. The van der Waals surface area contributed by atoms with Crippen molar-refractivity contribution in [2.75, 3.05) is 5.73 Å². The Hall–Kier alpha value is -2.36. The second-order valence-electron chi connectivity index (χ2n) is 3.87. The highest BCUT2D eigenvalue weighted by Crippen LogP contribution is 2.15. The van der Waals surface area contributed by atoms with E-state index in [1.165, 1.54) is 18.2 Å². The lowest BCUT2D eigenvalue weighted by molar-refractivity contribution is 0.0948. The fourth-order valence-electron chi connectivity index (χ4n) is 1.65. The van der Waals surface area contributed by atoms with E-state index in [2.05, 4.69) is 5.32 Å². The second kappa shape index (κ2) is 5.31. The van der Waals surface area contributed by atoms with Gasteiger partial charge >= 0.3 is 0 Å². The predicted octanol–water partition coefficient (Wildman–Crippen LogP) is 2.34. The van der Waals surface area contributed by atoms with Gasteiger partial charge in [0.15, 0.2) is 0 Å². The number of hydrogen-bond acceptors (Lipinski definition) is 2. The molecule has 0 aromatic heterocycles. The van der Waals surface area contributed by atoms with Crippen LogP contribution in [0.4, 0.5) is 10.1 Å². The van der Waals surface area contributed by atoms with E-state index in [0.29, 0.717) is 6.54 Å². The zero-order valence-electron chi connectivity index (χ0n) is 9.69. The van der Waals surface area contributed by atoms with Gasteiger partial charge in [-0.25, -0.2) is 4.39 Å². The molecule has 0 radical (unpaired) electrons. The smallest absolute Gasteiger partial charge is 0.256 e. The van der Waals surface area contributed by atoms with Crippen LogP contribution in [0.1, 0.15) is 15.9 Å². The molecule has 0 aliphatic rings. The Morgan fingerprint density at radius 3 is 2.50 bits per heavy atom. The summed E-state index contributed by atoms with van der Waals surface area (Å²) in [6, 6.07) is 13.6. The molecule has 4 heteroatoms. The number of rotatable bonds is 3. The van der Waals surface area contributed by atoms with Crippen molar-refractivity contribution in [2.24, 2.45) is 0 Å². The van der Waals surface area contributed by atoms with Gasteiger partial charge in [0.05, 0.1) is 5.56 Å². The van der Waals surface area contributed by atoms with E-state index < -0.39 is 11.7 Å². The first-order valence-corrected chi connectivity index (χ1v) is 5.54. The Labute approximate surface area is 104 Å². The Balaban J connectivity index is 2.09. The fraction of sp³-hybridized carbons (Fsp3) is 0.0714. The molecule has 0 spiro atoms. The van der Waals surface area contributed by atoms with E-state index in [9.17, 15) is 9.18 Å². The van der Waals surface area contributed by atoms with E-state index in [4.69, 9.17) is 5.73 Å². The van der Waals surface area contributed by atoms with Crippen molar-refractivity contribution in [3.8, 4) is 0 Å². The van der Waals surface area contributed by atoms with Gasteiger partial charge in [0, 0.05) is 12.2 Å². The Morgan fingerprint density at radius 1 is 1.11 bits per heavy atom. The van der Waals surface area contributed by atoms with Crippen LogP contribution in [-0.2, 0) is 6.54 Å². The summed E-state index contributed by atoms with van der Waals surface area (Å²) in [6.45, 7) is 0.341. The summed E-state index contributed by atoms with van der Waals surface area (Å²) in [5.41, 5.74) is 6.57. The van der Waals surface area contributed by atoms with Crippen LogP contribution in [-0.4, -0.2) is 5.91 Å². The monoisotopic (exact) mass is 244 g/mol. The van der Waals surface area contributed by atoms with E-state index in [-0.39, 0.29) is 11.3 Å². The largest absolute Gasteiger partial charge is 0.398 e. The molecule has 1 amide bonds. The average Bonchev–Trinajstić information content (AvgIpc) is 2.37. The molecule has 0 unspecified atom stereocenters. The minimum atomic E-state index is -0.611. The van der Waals surface area contributed by atoms with Crippen molar-refractivity contribution in [2.45, 2.75) is 6.54 Å². The van der Waals surface area contributed by atoms with Crippen LogP contribution in [0.5, 0.6) is 0 Å². The number of nitrogens with one attached hydrogen (secondary N) is 1.